The molecule has 1 aromatic rings. The third-order valence-corrected chi connectivity index (χ3v) is 5.09. The lowest BCUT2D eigenvalue weighted by Gasteiger charge is -2.21. The minimum Gasteiger partial charge on any atom is -0.481 e. The smallest absolute Gasteiger partial charge is 0.306 e. The second kappa shape index (κ2) is 4.96. The van der Waals surface area contributed by atoms with E-state index < -0.39 is 18.0 Å². The van der Waals surface area contributed by atoms with Crippen LogP contribution in [-0.4, -0.2) is 16.2 Å². The summed E-state index contributed by atoms with van der Waals surface area (Å²) >= 11 is 7.32. The molecule has 3 unspecified atom stereocenters. The summed E-state index contributed by atoms with van der Waals surface area (Å²) in [7, 11) is 0. The Labute approximate surface area is 109 Å². The highest BCUT2D eigenvalue weighted by Gasteiger charge is 2.38. The SMILES string of the molecule is Cc1cc(C(O)C2CCCC2C(=O)O)sc1Cl. The molecule has 1 aliphatic carbocycles. The van der Waals surface area contributed by atoms with Gasteiger partial charge in [-0.1, -0.05) is 18.0 Å². The van der Waals surface area contributed by atoms with Crippen molar-refractivity contribution in [1.29, 1.82) is 0 Å². The molecule has 1 aliphatic rings. The zero-order valence-electron chi connectivity index (χ0n) is 9.52. The zero-order chi connectivity index (χ0) is 12.6. The van der Waals surface area contributed by atoms with Crippen LogP contribution in [0.2, 0.25) is 4.34 Å². The molecular weight excluding hydrogens is 260 g/mol. The van der Waals surface area contributed by atoms with Crippen molar-refractivity contribution < 1.29 is 15.0 Å². The van der Waals surface area contributed by atoms with Crippen molar-refractivity contribution in [2.24, 2.45) is 11.8 Å². The van der Waals surface area contributed by atoms with Crippen molar-refractivity contribution in [3.05, 3.63) is 20.8 Å². The molecule has 0 aliphatic heterocycles. The fourth-order valence-electron chi connectivity index (χ4n) is 2.51. The average molecular weight is 275 g/mol. The van der Waals surface area contributed by atoms with Gasteiger partial charge in [0, 0.05) is 10.8 Å². The Kier molecular flexibility index (Phi) is 3.76. The van der Waals surface area contributed by atoms with Gasteiger partial charge in [-0.25, -0.2) is 0 Å². The highest BCUT2D eigenvalue weighted by Crippen LogP contribution is 2.43. The number of carboxylic acid groups (broad SMARTS) is 1. The number of carbonyl (C=O) groups is 1. The van der Waals surface area contributed by atoms with Crippen LogP contribution in [0, 0.1) is 18.8 Å². The molecule has 3 atom stereocenters. The highest BCUT2D eigenvalue weighted by atomic mass is 35.5. The minimum absolute atomic E-state index is 0.179. The van der Waals surface area contributed by atoms with Crippen molar-refractivity contribution in [1.82, 2.24) is 0 Å². The van der Waals surface area contributed by atoms with Crippen molar-refractivity contribution in [3.63, 3.8) is 0 Å². The quantitative estimate of drug-likeness (QED) is 0.890. The summed E-state index contributed by atoms with van der Waals surface area (Å²) in [5.74, 6) is -1.40. The lowest BCUT2D eigenvalue weighted by atomic mass is 9.90. The summed E-state index contributed by atoms with van der Waals surface area (Å²) in [4.78, 5) is 11.9. The van der Waals surface area contributed by atoms with Gasteiger partial charge in [-0.05, 0) is 31.4 Å². The third kappa shape index (κ3) is 2.49. The predicted octanol–water partition coefficient (Wildman–Crippen LogP) is 3.24. The third-order valence-electron chi connectivity index (χ3n) is 3.46. The number of aliphatic hydroxyl groups is 1. The van der Waals surface area contributed by atoms with E-state index in [1.807, 2.05) is 13.0 Å². The van der Waals surface area contributed by atoms with Gasteiger partial charge in [-0.2, -0.15) is 0 Å². The van der Waals surface area contributed by atoms with E-state index in [1.54, 1.807) is 0 Å². The van der Waals surface area contributed by atoms with Crippen molar-refractivity contribution >= 4 is 28.9 Å². The number of thiophene rings is 1. The van der Waals surface area contributed by atoms with Crippen LogP contribution in [-0.2, 0) is 4.79 Å². The molecule has 1 saturated carbocycles. The van der Waals surface area contributed by atoms with Crippen molar-refractivity contribution in [2.75, 3.05) is 0 Å². The van der Waals surface area contributed by atoms with E-state index in [4.69, 9.17) is 16.7 Å². The molecule has 3 nitrogen and oxygen atoms in total. The molecular formula is C12H15ClO3S. The molecule has 1 fully saturated rings. The maximum atomic E-state index is 11.1. The van der Waals surface area contributed by atoms with Crippen LogP contribution in [0.5, 0.6) is 0 Å². The Bertz CT molecular complexity index is 410. The van der Waals surface area contributed by atoms with Gasteiger partial charge in [0.05, 0.1) is 16.4 Å². The molecule has 0 aromatic carbocycles. The van der Waals surface area contributed by atoms with Gasteiger partial charge in [0.1, 0.15) is 0 Å². The molecule has 0 bridgehead atoms. The fraction of sp³-hybridized carbons (Fsp3) is 0.583. The molecule has 17 heavy (non-hydrogen) atoms. The fourth-order valence-corrected chi connectivity index (χ4v) is 3.79. The summed E-state index contributed by atoms with van der Waals surface area (Å²) in [6.45, 7) is 1.89. The summed E-state index contributed by atoms with van der Waals surface area (Å²) in [6.07, 6.45) is 1.60. The number of carboxylic acids is 1. The van der Waals surface area contributed by atoms with Crippen molar-refractivity contribution in [2.45, 2.75) is 32.3 Å². The summed E-state index contributed by atoms with van der Waals surface area (Å²) in [5.41, 5.74) is 0.940. The number of aliphatic carboxylic acids is 1. The number of aryl methyl sites for hydroxylation is 1. The molecule has 0 amide bonds. The Morgan fingerprint density at radius 2 is 2.29 bits per heavy atom. The van der Waals surface area contributed by atoms with Crippen LogP contribution in [0.4, 0.5) is 0 Å². The van der Waals surface area contributed by atoms with E-state index in [0.717, 1.165) is 23.3 Å². The molecule has 1 heterocycles. The maximum absolute atomic E-state index is 11.1. The normalized spacial score (nSPS) is 26.1. The van der Waals surface area contributed by atoms with E-state index in [-0.39, 0.29) is 5.92 Å². The second-order valence-electron chi connectivity index (χ2n) is 4.59. The molecule has 5 heteroatoms. The molecule has 0 saturated heterocycles. The molecule has 2 N–H and O–H groups in total. The number of hydrogen-bond acceptors (Lipinski definition) is 3. The van der Waals surface area contributed by atoms with Crippen LogP contribution >= 0.6 is 22.9 Å². The number of halogens is 1. The first-order valence-electron chi connectivity index (χ1n) is 5.67. The number of hydrogen-bond donors (Lipinski definition) is 2. The monoisotopic (exact) mass is 274 g/mol. The Balaban J connectivity index is 2.19. The number of aliphatic hydroxyl groups excluding tert-OH is 1. The van der Waals surface area contributed by atoms with Gasteiger partial charge >= 0.3 is 5.97 Å². The van der Waals surface area contributed by atoms with Crippen LogP contribution in [0.25, 0.3) is 0 Å². The maximum Gasteiger partial charge on any atom is 0.306 e. The van der Waals surface area contributed by atoms with E-state index in [9.17, 15) is 9.90 Å². The standard InChI is InChI=1S/C12H15ClO3S/c1-6-5-9(17-11(6)13)10(14)7-3-2-4-8(7)12(15)16/h5,7-8,10,14H,2-4H2,1H3,(H,15,16). The summed E-state index contributed by atoms with van der Waals surface area (Å²) in [6, 6.07) is 1.86. The molecule has 2 rings (SSSR count). The van der Waals surface area contributed by atoms with Gasteiger partial charge in [0.2, 0.25) is 0 Å². The number of rotatable bonds is 3. The minimum atomic E-state index is -0.800. The molecule has 1 aromatic heterocycles. The van der Waals surface area contributed by atoms with Crippen LogP contribution in [0.1, 0.15) is 35.8 Å². The van der Waals surface area contributed by atoms with Crippen LogP contribution < -0.4 is 0 Å². The van der Waals surface area contributed by atoms with Gasteiger partial charge in [-0.3, -0.25) is 4.79 Å². The van der Waals surface area contributed by atoms with Crippen LogP contribution in [0.15, 0.2) is 6.07 Å². The van der Waals surface area contributed by atoms with E-state index in [2.05, 4.69) is 0 Å². The van der Waals surface area contributed by atoms with Crippen LogP contribution in [0.3, 0.4) is 0 Å². The first-order valence-corrected chi connectivity index (χ1v) is 6.87. The second-order valence-corrected chi connectivity index (χ2v) is 6.28. The van der Waals surface area contributed by atoms with Gasteiger partial charge in [0.15, 0.2) is 0 Å². The van der Waals surface area contributed by atoms with Crippen molar-refractivity contribution in [3.8, 4) is 0 Å². The van der Waals surface area contributed by atoms with Gasteiger partial charge in [-0.15, -0.1) is 11.3 Å². The molecule has 0 radical (unpaired) electrons. The first-order chi connectivity index (χ1) is 8.00. The highest BCUT2D eigenvalue weighted by molar-refractivity contribution is 7.16. The van der Waals surface area contributed by atoms with Gasteiger partial charge < -0.3 is 10.2 Å². The topological polar surface area (TPSA) is 57.5 Å². The van der Waals surface area contributed by atoms with Gasteiger partial charge in [0.25, 0.3) is 0 Å². The largest absolute Gasteiger partial charge is 0.481 e. The predicted molar refractivity (Wildman–Crippen MR) is 67.5 cm³/mol. The zero-order valence-corrected chi connectivity index (χ0v) is 11.1. The molecule has 0 spiro atoms. The Hall–Kier alpha value is -0.580. The Morgan fingerprint density at radius 3 is 2.82 bits per heavy atom. The van der Waals surface area contributed by atoms with E-state index in [0.29, 0.717) is 10.8 Å². The lowest BCUT2D eigenvalue weighted by Crippen LogP contribution is -2.23. The van der Waals surface area contributed by atoms with E-state index in [1.165, 1.54) is 11.3 Å². The van der Waals surface area contributed by atoms with E-state index >= 15 is 0 Å². The average Bonchev–Trinajstić information content (AvgIpc) is 2.85. The lowest BCUT2D eigenvalue weighted by molar-refractivity contribution is -0.144. The molecule has 94 valence electrons. The Morgan fingerprint density at radius 1 is 1.59 bits per heavy atom. The summed E-state index contributed by atoms with van der Waals surface area (Å²) < 4.78 is 0.670. The summed E-state index contributed by atoms with van der Waals surface area (Å²) in [5, 5.41) is 19.4. The first kappa shape index (κ1) is 12.9.